The molecule has 1 atom stereocenters. The first-order valence-corrected chi connectivity index (χ1v) is 13.4. The van der Waals surface area contributed by atoms with Crippen molar-refractivity contribution in [3.63, 3.8) is 0 Å². The van der Waals surface area contributed by atoms with Crippen molar-refractivity contribution in [1.82, 2.24) is 10.7 Å². The molecular weight excluding hydrogens is 524 g/mol. The third-order valence-electron chi connectivity index (χ3n) is 5.55. The minimum atomic E-state index is -4.33. The van der Waals surface area contributed by atoms with Gasteiger partial charge in [0.1, 0.15) is 0 Å². The first kappa shape index (κ1) is 28.8. The van der Waals surface area contributed by atoms with E-state index in [0.717, 1.165) is 12.0 Å². The fourth-order valence-electron chi connectivity index (χ4n) is 3.81. The van der Waals surface area contributed by atoms with Crippen molar-refractivity contribution in [1.29, 1.82) is 0 Å². The van der Waals surface area contributed by atoms with E-state index in [0.29, 0.717) is 22.2 Å². The number of anilines is 3. The van der Waals surface area contributed by atoms with Crippen molar-refractivity contribution in [2.24, 2.45) is 5.73 Å². The Morgan fingerprint density at radius 3 is 2.33 bits per heavy atom. The number of hydrogen-bond acceptors (Lipinski definition) is 6. The zero-order valence-corrected chi connectivity index (χ0v) is 21.9. The topological polar surface area (TPSA) is 197 Å². The van der Waals surface area contributed by atoms with Gasteiger partial charge in [-0.15, -0.1) is 0 Å². The molecule has 3 aromatic rings. The number of nitrogens with zero attached hydrogens (tertiary/aromatic N) is 1. The fourth-order valence-corrected chi connectivity index (χ4v) is 5.17. The van der Waals surface area contributed by atoms with Crippen molar-refractivity contribution in [3.8, 4) is 0 Å². The van der Waals surface area contributed by atoms with E-state index in [2.05, 4.69) is 16.1 Å². The first-order chi connectivity index (χ1) is 18.5. The molecule has 13 heteroatoms. The molecule has 0 heterocycles. The van der Waals surface area contributed by atoms with Crippen LogP contribution in [0.25, 0.3) is 0 Å². The van der Waals surface area contributed by atoms with E-state index in [-0.39, 0.29) is 16.1 Å². The second-order valence-electron chi connectivity index (χ2n) is 8.61. The highest BCUT2D eigenvalue weighted by Crippen LogP contribution is 2.27. The standard InChI is InChI=1S/C26H30N6O6S/c1-2-5-17-6-3-9-22(14-17)39(37,38)32(31-25(28)35)21-8-4-7-18(15-21)23(16-24(33)34)30-26(36)29-20-12-10-19(27)11-13-20/h3-4,6-15,23H,2,5,16,27H2,1H3,(H,33,34)(H3,28,31,35)(H2,29,30,36). The molecule has 3 rings (SSSR count). The summed E-state index contributed by atoms with van der Waals surface area (Å²) >= 11 is 0. The molecule has 8 N–H and O–H groups in total. The number of carbonyl (C=O) groups is 3. The van der Waals surface area contributed by atoms with Crippen LogP contribution in [0.3, 0.4) is 0 Å². The summed E-state index contributed by atoms with van der Waals surface area (Å²) in [6.45, 7) is 1.96. The van der Waals surface area contributed by atoms with Gasteiger partial charge in [-0.1, -0.05) is 37.6 Å². The minimum Gasteiger partial charge on any atom is -0.481 e. The van der Waals surface area contributed by atoms with Gasteiger partial charge in [0.2, 0.25) is 0 Å². The van der Waals surface area contributed by atoms with E-state index in [1.807, 2.05) is 6.92 Å². The highest BCUT2D eigenvalue weighted by atomic mass is 32.2. The van der Waals surface area contributed by atoms with Crippen LogP contribution in [0.2, 0.25) is 0 Å². The van der Waals surface area contributed by atoms with Gasteiger partial charge in [-0.25, -0.2) is 15.0 Å². The van der Waals surface area contributed by atoms with Gasteiger partial charge >= 0.3 is 18.0 Å². The third kappa shape index (κ3) is 7.85. The van der Waals surface area contributed by atoms with Crippen molar-refractivity contribution in [3.05, 3.63) is 83.9 Å². The van der Waals surface area contributed by atoms with Crippen LogP contribution in [-0.2, 0) is 21.2 Å². The molecule has 12 nitrogen and oxygen atoms in total. The summed E-state index contributed by atoms with van der Waals surface area (Å²) in [5.41, 5.74) is 15.0. The molecule has 206 valence electrons. The Morgan fingerprint density at radius 2 is 1.69 bits per heavy atom. The predicted octanol–water partition coefficient (Wildman–Crippen LogP) is 3.34. The van der Waals surface area contributed by atoms with Crippen LogP contribution >= 0.6 is 0 Å². The summed E-state index contributed by atoms with van der Waals surface area (Å²) in [7, 11) is -4.33. The number of rotatable bonds is 11. The average molecular weight is 555 g/mol. The number of aliphatic carboxylic acids is 1. The number of sulfonamides is 1. The Morgan fingerprint density at radius 1 is 1.00 bits per heavy atom. The normalized spacial score (nSPS) is 11.7. The number of aryl methyl sites for hydroxylation is 1. The van der Waals surface area contributed by atoms with Gasteiger partial charge in [0.25, 0.3) is 10.0 Å². The van der Waals surface area contributed by atoms with E-state index in [4.69, 9.17) is 11.5 Å². The number of benzene rings is 3. The molecule has 0 radical (unpaired) electrons. The number of amides is 4. The zero-order chi connectivity index (χ0) is 28.6. The summed E-state index contributed by atoms with van der Waals surface area (Å²) in [5.74, 6) is -1.20. The summed E-state index contributed by atoms with van der Waals surface area (Å²) in [6, 6.07) is 15.5. The summed E-state index contributed by atoms with van der Waals surface area (Å²) in [6.07, 6.45) is 0.954. The van der Waals surface area contributed by atoms with Crippen LogP contribution in [0.5, 0.6) is 0 Å². The third-order valence-corrected chi connectivity index (χ3v) is 7.18. The highest BCUT2D eigenvalue weighted by molar-refractivity contribution is 7.92. The maximum absolute atomic E-state index is 13.6. The number of nitrogens with one attached hydrogen (secondary N) is 3. The molecule has 0 saturated heterocycles. The largest absolute Gasteiger partial charge is 0.481 e. The average Bonchev–Trinajstić information content (AvgIpc) is 2.88. The molecule has 0 spiro atoms. The fraction of sp³-hybridized carbons (Fsp3) is 0.192. The van der Waals surface area contributed by atoms with E-state index in [9.17, 15) is 27.9 Å². The molecule has 0 bridgehead atoms. The van der Waals surface area contributed by atoms with Crippen LogP contribution in [0.15, 0.2) is 77.7 Å². The van der Waals surface area contributed by atoms with Gasteiger partial charge in [-0.05, 0) is 66.1 Å². The number of carboxylic acid groups (broad SMARTS) is 1. The molecule has 0 fully saturated rings. The van der Waals surface area contributed by atoms with E-state index < -0.39 is 40.5 Å². The molecule has 0 aliphatic carbocycles. The monoisotopic (exact) mass is 554 g/mol. The first-order valence-electron chi connectivity index (χ1n) is 11.9. The molecule has 0 aliphatic heterocycles. The lowest BCUT2D eigenvalue weighted by molar-refractivity contribution is -0.137. The van der Waals surface area contributed by atoms with Gasteiger partial charge in [-0.3, -0.25) is 4.79 Å². The minimum absolute atomic E-state index is 0.0247. The Hall–Kier alpha value is -4.78. The number of primary amides is 1. The summed E-state index contributed by atoms with van der Waals surface area (Å²) in [5, 5.41) is 14.6. The maximum Gasteiger partial charge on any atom is 0.331 e. The Balaban J connectivity index is 1.95. The van der Waals surface area contributed by atoms with E-state index in [1.54, 1.807) is 36.4 Å². The SMILES string of the molecule is CCCc1cccc(S(=O)(=O)N(NC(N)=O)c2cccc(C(CC(=O)O)NC(=O)Nc3ccc(N)cc3)c2)c1. The van der Waals surface area contributed by atoms with Gasteiger partial charge in [-0.2, -0.15) is 12.8 Å². The van der Waals surface area contributed by atoms with Gasteiger partial charge < -0.3 is 27.2 Å². The molecule has 0 aromatic heterocycles. The molecule has 39 heavy (non-hydrogen) atoms. The van der Waals surface area contributed by atoms with Crippen molar-refractivity contribution in [2.75, 3.05) is 15.5 Å². The lowest BCUT2D eigenvalue weighted by atomic mass is 10.0. The molecule has 1 unspecified atom stereocenters. The van der Waals surface area contributed by atoms with Crippen LogP contribution in [0, 0.1) is 0 Å². The number of urea groups is 2. The molecular formula is C26H30N6O6S. The predicted molar refractivity (Wildman–Crippen MR) is 147 cm³/mol. The Bertz CT molecular complexity index is 1450. The Labute approximate surface area is 226 Å². The van der Waals surface area contributed by atoms with Crippen molar-refractivity contribution in [2.45, 2.75) is 37.1 Å². The Kier molecular flexibility index (Phi) is 9.33. The quantitative estimate of drug-likeness (QED) is 0.154. The van der Waals surface area contributed by atoms with Gasteiger partial charge in [0.15, 0.2) is 0 Å². The smallest absolute Gasteiger partial charge is 0.331 e. The molecule has 4 amide bonds. The molecule has 0 saturated carbocycles. The second kappa shape index (κ2) is 12.6. The summed E-state index contributed by atoms with van der Waals surface area (Å²) in [4.78, 5) is 35.9. The maximum atomic E-state index is 13.6. The number of carboxylic acids is 1. The van der Waals surface area contributed by atoms with Crippen LogP contribution < -0.4 is 31.9 Å². The van der Waals surface area contributed by atoms with Crippen LogP contribution in [-0.4, -0.2) is 31.6 Å². The number of hydrazine groups is 1. The van der Waals surface area contributed by atoms with E-state index in [1.165, 1.54) is 36.4 Å². The number of carbonyl (C=O) groups excluding carboxylic acids is 2. The summed E-state index contributed by atoms with van der Waals surface area (Å²) < 4.78 is 27.7. The van der Waals surface area contributed by atoms with Crippen LogP contribution in [0.4, 0.5) is 26.7 Å². The lowest BCUT2D eigenvalue weighted by Crippen LogP contribution is -2.48. The highest BCUT2D eigenvalue weighted by Gasteiger charge is 2.28. The second-order valence-corrected chi connectivity index (χ2v) is 10.4. The van der Waals surface area contributed by atoms with Gasteiger partial charge in [0.05, 0.1) is 23.0 Å². The number of nitrogen functional groups attached to an aromatic ring is 1. The number of hydrogen-bond donors (Lipinski definition) is 6. The molecule has 0 aliphatic rings. The van der Waals surface area contributed by atoms with Gasteiger partial charge in [0, 0.05) is 11.4 Å². The van der Waals surface area contributed by atoms with E-state index >= 15 is 0 Å². The van der Waals surface area contributed by atoms with Crippen LogP contribution in [0.1, 0.15) is 36.9 Å². The van der Waals surface area contributed by atoms with Crippen molar-refractivity contribution < 1.29 is 27.9 Å². The lowest BCUT2D eigenvalue weighted by Gasteiger charge is -2.25. The molecule has 3 aromatic carbocycles. The zero-order valence-electron chi connectivity index (χ0n) is 21.1. The van der Waals surface area contributed by atoms with Crippen molar-refractivity contribution >= 4 is 45.1 Å². The number of nitrogens with two attached hydrogens (primary N) is 2.